The van der Waals surface area contributed by atoms with Crippen molar-refractivity contribution in [2.24, 2.45) is 5.73 Å². The van der Waals surface area contributed by atoms with Crippen molar-refractivity contribution in [2.75, 3.05) is 13.2 Å². The minimum Gasteiger partial charge on any atom is -0.492 e. The number of rotatable bonds is 5. The smallest absolute Gasteiger partial charge is 0.137 e. The Morgan fingerprint density at radius 3 is 2.64 bits per heavy atom. The van der Waals surface area contributed by atoms with Gasteiger partial charge in [0.15, 0.2) is 0 Å². The van der Waals surface area contributed by atoms with Crippen molar-refractivity contribution in [3.8, 4) is 5.75 Å². The van der Waals surface area contributed by atoms with E-state index < -0.39 is 0 Å². The van der Waals surface area contributed by atoms with Gasteiger partial charge in [0, 0.05) is 5.02 Å². The third kappa shape index (κ3) is 3.74. The first-order valence-electron chi connectivity index (χ1n) is 4.52. The molecule has 4 heteroatoms. The fourth-order valence-electron chi connectivity index (χ4n) is 1.02. The van der Waals surface area contributed by atoms with Crippen LogP contribution in [0, 0.1) is 0 Å². The minimum absolute atomic E-state index is 0.547. The van der Waals surface area contributed by atoms with Crippen LogP contribution in [0.2, 0.25) is 10.0 Å². The maximum Gasteiger partial charge on any atom is 0.137 e. The first-order valence-corrected chi connectivity index (χ1v) is 5.27. The summed E-state index contributed by atoms with van der Waals surface area (Å²) in [5, 5.41) is 1.16. The van der Waals surface area contributed by atoms with Gasteiger partial charge in [0.25, 0.3) is 0 Å². The Hall–Kier alpha value is -0.440. The summed E-state index contributed by atoms with van der Waals surface area (Å²) in [6.45, 7) is 1.33. The summed E-state index contributed by atoms with van der Waals surface area (Å²) < 4.78 is 5.45. The van der Waals surface area contributed by atoms with Crippen LogP contribution in [-0.4, -0.2) is 13.2 Å². The second kappa shape index (κ2) is 6.12. The first kappa shape index (κ1) is 11.6. The van der Waals surface area contributed by atoms with Crippen LogP contribution >= 0.6 is 23.2 Å². The monoisotopic (exact) mass is 233 g/mol. The van der Waals surface area contributed by atoms with E-state index in [-0.39, 0.29) is 0 Å². The average Bonchev–Trinajstić information content (AvgIpc) is 2.15. The highest BCUT2D eigenvalue weighted by atomic mass is 35.5. The maximum absolute atomic E-state index is 5.91. The normalized spacial score (nSPS) is 10.2. The summed E-state index contributed by atoms with van der Waals surface area (Å²) in [7, 11) is 0. The van der Waals surface area contributed by atoms with Crippen molar-refractivity contribution in [3.05, 3.63) is 28.2 Å². The van der Waals surface area contributed by atoms with Crippen molar-refractivity contribution in [3.63, 3.8) is 0 Å². The van der Waals surface area contributed by atoms with E-state index in [0.29, 0.717) is 28.9 Å². The topological polar surface area (TPSA) is 35.2 Å². The lowest BCUT2D eigenvalue weighted by atomic mass is 10.3. The second-order valence-electron chi connectivity index (χ2n) is 2.92. The van der Waals surface area contributed by atoms with Gasteiger partial charge in [-0.25, -0.2) is 0 Å². The highest BCUT2D eigenvalue weighted by Gasteiger charge is 2.01. The zero-order valence-corrected chi connectivity index (χ0v) is 9.31. The predicted octanol–water partition coefficient (Wildman–Crippen LogP) is 3.11. The fourth-order valence-corrected chi connectivity index (χ4v) is 1.48. The molecule has 0 heterocycles. The summed E-state index contributed by atoms with van der Waals surface area (Å²) in [5.41, 5.74) is 5.36. The number of unbranched alkanes of at least 4 members (excludes halogenated alkanes) is 1. The Balaban J connectivity index is 2.42. The van der Waals surface area contributed by atoms with Crippen LogP contribution in [0.5, 0.6) is 5.75 Å². The standard InChI is InChI=1S/C10H13Cl2NO/c11-8-3-4-10(9(12)7-8)14-6-2-1-5-13/h3-4,7H,1-2,5-6,13H2. The van der Waals surface area contributed by atoms with Crippen molar-refractivity contribution in [2.45, 2.75) is 12.8 Å². The molecule has 0 atom stereocenters. The van der Waals surface area contributed by atoms with Gasteiger partial charge in [-0.1, -0.05) is 23.2 Å². The third-order valence-electron chi connectivity index (χ3n) is 1.75. The van der Waals surface area contributed by atoms with Gasteiger partial charge in [0.1, 0.15) is 5.75 Å². The Bertz CT molecular complexity index is 291. The molecule has 2 nitrogen and oxygen atoms in total. The van der Waals surface area contributed by atoms with E-state index in [1.54, 1.807) is 18.2 Å². The highest BCUT2D eigenvalue weighted by molar-refractivity contribution is 6.35. The number of ether oxygens (including phenoxy) is 1. The number of hydrogen-bond acceptors (Lipinski definition) is 2. The van der Waals surface area contributed by atoms with E-state index in [2.05, 4.69) is 0 Å². The van der Waals surface area contributed by atoms with E-state index in [9.17, 15) is 0 Å². The molecule has 2 N–H and O–H groups in total. The van der Waals surface area contributed by atoms with Crippen LogP contribution in [0.1, 0.15) is 12.8 Å². The van der Waals surface area contributed by atoms with Crippen molar-refractivity contribution >= 4 is 23.2 Å². The molecule has 0 aliphatic heterocycles. The van der Waals surface area contributed by atoms with Gasteiger partial charge in [-0.05, 0) is 37.6 Å². The lowest BCUT2D eigenvalue weighted by molar-refractivity contribution is 0.308. The molecule has 0 spiro atoms. The molecule has 1 aromatic rings. The number of hydrogen-bond donors (Lipinski definition) is 1. The summed E-state index contributed by atoms with van der Waals surface area (Å²) in [6, 6.07) is 5.19. The summed E-state index contributed by atoms with van der Waals surface area (Å²) in [4.78, 5) is 0. The number of halogens is 2. The van der Waals surface area contributed by atoms with Gasteiger partial charge in [-0.2, -0.15) is 0 Å². The van der Waals surface area contributed by atoms with Crippen LogP contribution in [0.4, 0.5) is 0 Å². The molecule has 78 valence electrons. The Kier molecular flexibility index (Phi) is 5.09. The summed E-state index contributed by atoms with van der Waals surface area (Å²) in [5.74, 6) is 0.674. The van der Waals surface area contributed by atoms with Crippen LogP contribution in [0.15, 0.2) is 18.2 Å². The van der Waals surface area contributed by atoms with Gasteiger partial charge >= 0.3 is 0 Å². The zero-order chi connectivity index (χ0) is 10.4. The number of benzene rings is 1. The van der Waals surface area contributed by atoms with Gasteiger partial charge in [0.05, 0.1) is 11.6 Å². The van der Waals surface area contributed by atoms with Crippen LogP contribution < -0.4 is 10.5 Å². The molecule has 0 bridgehead atoms. The molecule has 0 aliphatic rings. The molecule has 0 saturated carbocycles. The fraction of sp³-hybridized carbons (Fsp3) is 0.400. The highest BCUT2D eigenvalue weighted by Crippen LogP contribution is 2.27. The van der Waals surface area contributed by atoms with Crippen molar-refractivity contribution in [1.29, 1.82) is 0 Å². The molecule has 14 heavy (non-hydrogen) atoms. The predicted molar refractivity (Wildman–Crippen MR) is 60.2 cm³/mol. The Labute approximate surface area is 94.0 Å². The molecule has 1 rings (SSSR count). The number of nitrogens with two attached hydrogens (primary N) is 1. The lowest BCUT2D eigenvalue weighted by Gasteiger charge is -2.07. The van der Waals surface area contributed by atoms with Crippen LogP contribution in [0.3, 0.4) is 0 Å². The molecule has 0 aliphatic carbocycles. The average molecular weight is 234 g/mol. The molecule has 0 saturated heterocycles. The van der Waals surface area contributed by atoms with E-state index in [4.69, 9.17) is 33.7 Å². The minimum atomic E-state index is 0.547. The van der Waals surface area contributed by atoms with Gasteiger partial charge in [-0.15, -0.1) is 0 Å². The molecule has 0 aromatic heterocycles. The Morgan fingerprint density at radius 2 is 2.00 bits per heavy atom. The zero-order valence-electron chi connectivity index (χ0n) is 7.80. The van der Waals surface area contributed by atoms with Crippen LogP contribution in [-0.2, 0) is 0 Å². The van der Waals surface area contributed by atoms with Gasteiger partial charge in [-0.3, -0.25) is 0 Å². The third-order valence-corrected chi connectivity index (χ3v) is 2.28. The Morgan fingerprint density at radius 1 is 1.21 bits per heavy atom. The largest absolute Gasteiger partial charge is 0.492 e. The SMILES string of the molecule is NCCCCOc1ccc(Cl)cc1Cl. The molecule has 0 amide bonds. The molecular formula is C10H13Cl2NO. The van der Waals surface area contributed by atoms with Crippen LogP contribution in [0.25, 0.3) is 0 Å². The quantitative estimate of drug-likeness (QED) is 0.794. The molecule has 0 unspecified atom stereocenters. The lowest BCUT2D eigenvalue weighted by Crippen LogP contribution is -2.03. The van der Waals surface area contributed by atoms with E-state index in [1.807, 2.05) is 0 Å². The first-order chi connectivity index (χ1) is 6.74. The van der Waals surface area contributed by atoms with E-state index >= 15 is 0 Å². The van der Waals surface area contributed by atoms with Crippen molar-refractivity contribution in [1.82, 2.24) is 0 Å². The van der Waals surface area contributed by atoms with E-state index in [0.717, 1.165) is 12.8 Å². The second-order valence-corrected chi connectivity index (χ2v) is 3.76. The van der Waals surface area contributed by atoms with Gasteiger partial charge in [0.2, 0.25) is 0 Å². The van der Waals surface area contributed by atoms with Gasteiger partial charge < -0.3 is 10.5 Å². The maximum atomic E-state index is 5.91. The summed E-state index contributed by atoms with van der Waals surface area (Å²) in [6.07, 6.45) is 1.90. The molecule has 0 radical (unpaired) electrons. The summed E-state index contributed by atoms with van der Waals surface area (Å²) >= 11 is 11.7. The van der Waals surface area contributed by atoms with Crippen molar-refractivity contribution < 1.29 is 4.74 Å². The molecular weight excluding hydrogens is 221 g/mol. The molecule has 0 fully saturated rings. The molecule has 1 aromatic carbocycles. The van der Waals surface area contributed by atoms with E-state index in [1.165, 1.54) is 0 Å².